The molecule has 0 unspecified atom stereocenters. The summed E-state index contributed by atoms with van der Waals surface area (Å²) < 4.78 is 5.10. The van der Waals surface area contributed by atoms with Gasteiger partial charge in [0.15, 0.2) is 0 Å². The average molecular weight is 375 g/mol. The van der Waals surface area contributed by atoms with Gasteiger partial charge in [-0.15, -0.1) is 0 Å². The quantitative estimate of drug-likeness (QED) is 0.612. The molecule has 1 aliphatic heterocycles. The molecule has 28 heavy (non-hydrogen) atoms. The summed E-state index contributed by atoms with van der Waals surface area (Å²) in [6.45, 7) is 2.17. The van der Waals surface area contributed by atoms with E-state index in [1.54, 1.807) is 37.5 Å². The fourth-order valence-corrected chi connectivity index (χ4v) is 3.30. The number of nitriles is 1. The van der Waals surface area contributed by atoms with Gasteiger partial charge in [0, 0.05) is 24.5 Å². The van der Waals surface area contributed by atoms with E-state index in [4.69, 9.17) is 4.74 Å². The summed E-state index contributed by atoms with van der Waals surface area (Å²) in [5.74, 6) is 0.280. The summed E-state index contributed by atoms with van der Waals surface area (Å²) in [4.78, 5) is 14.8. The molecule has 0 aliphatic carbocycles. The molecule has 1 amide bonds. The highest BCUT2D eigenvalue weighted by atomic mass is 16.5. The van der Waals surface area contributed by atoms with E-state index in [1.165, 1.54) is 31.4 Å². The molecule has 2 aromatic carbocycles. The Balaban J connectivity index is 1.68. The van der Waals surface area contributed by atoms with Crippen molar-refractivity contribution in [1.29, 1.82) is 5.26 Å². The molecule has 2 aromatic rings. The van der Waals surface area contributed by atoms with E-state index < -0.39 is 5.91 Å². The molecule has 3 rings (SSSR count). The van der Waals surface area contributed by atoms with Crippen LogP contribution in [0.3, 0.4) is 0 Å². The number of nitrogens with one attached hydrogen (secondary N) is 1. The van der Waals surface area contributed by atoms with Crippen molar-refractivity contribution in [2.45, 2.75) is 25.7 Å². The summed E-state index contributed by atoms with van der Waals surface area (Å²) in [7, 11) is 1.59. The summed E-state index contributed by atoms with van der Waals surface area (Å²) in [6.07, 6.45) is 6.67. The van der Waals surface area contributed by atoms with Crippen LogP contribution in [0.15, 0.2) is 54.1 Å². The second-order valence-electron chi connectivity index (χ2n) is 6.85. The molecule has 1 heterocycles. The van der Waals surface area contributed by atoms with Crippen LogP contribution in [-0.2, 0) is 4.79 Å². The zero-order valence-electron chi connectivity index (χ0n) is 16.1. The van der Waals surface area contributed by atoms with Crippen molar-refractivity contribution in [3.8, 4) is 11.8 Å². The van der Waals surface area contributed by atoms with Crippen LogP contribution in [0.5, 0.6) is 5.75 Å². The third-order valence-electron chi connectivity index (χ3n) is 4.89. The molecular weight excluding hydrogens is 350 g/mol. The van der Waals surface area contributed by atoms with Gasteiger partial charge in [0.2, 0.25) is 0 Å². The number of carbonyl (C=O) groups is 1. The van der Waals surface area contributed by atoms with Crippen molar-refractivity contribution in [3.63, 3.8) is 0 Å². The monoisotopic (exact) mass is 375 g/mol. The first-order valence-electron chi connectivity index (χ1n) is 9.62. The highest BCUT2D eigenvalue weighted by Gasteiger charge is 2.11. The van der Waals surface area contributed by atoms with Gasteiger partial charge in [0.1, 0.15) is 17.4 Å². The smallest absolute Gasteiger partial charge is 0.266 e. The first kappa shape index (κ1) is 19.5. The molecule has 1 aliphatic rings. The number of hydrogen-bond acceptors (Lipinski definition) is 4. The van der Waals surface area contributed by atoms with E-state index in [0.717, 1.165) is 18.7 Å². The third-order valence-corrected chi connectivity index (χ3v) is 4.89. The van der Waals surface area contributed by atoms with Crippen LogP contribution in [0.2, 0.25) is 0 Å². The molecule has 0 saturated carbocycles. The van der Waals surface area contributed by atoms with Gasteiger partial charge in [-0.3, -0.25) is 4.79 Å². The molecule has 0 atom stereocenters. The van der Waals surface area contributed by atoms with Gasteiger partial charge < -0.3 is 15.0 Å². The second kappa shape index (κ2) is 9.61. The fraction of sp³-hybridized carbons (Fsp3) is 0.304. The Kier molecular flexibility index (Phi) is 6.69. The topological polar surface area (TPSA) is 65.4 Å². The van der Waals surface area contributed by atoms with Crippen LogP contribution in [0.1, 0.15) is 31.2 Å². The number of benzene rings is 2. The van der Waals surface area contributed by atoms with E-state index in [-0.39, 0.29) is 5.57 Å². The Bertz CT molecular complexity index is 856. The standard InChI is InChI=1S/C23H25N3O2/c1-28-22-12-8-20(9-13-22)25-23(27)19(17-24)16-18-6-10-21(11-7-18)26-14-4-2-3-5-15-26/h6-13,16H,2-5,14-15H2,1H3,(H,25,27)/b19-16-. The number of methoxy groups -OCH3 is 1. The number of carbonyl (C=O) groups excluding carboxylic acids is 1. The molecule has 5 heteroatoms. The molecule has 144 valence electrons. The number of nitrogens with zero attached hydrogens (tertiary/aromatic N) is 2. The summed E-state index contributed by atoms with van der Waals surface area (Å²) in [5.41, 5.74) is 2.71. The predicted molar refractivity (Wildman–Crippen MR) is 112 cm³/mol. The highest BCUT2D eigenvalue weighted by molar-refractivity contribution is 6.09. The van der Waals surface area contributed by atoms with Gasteiger partial charge in [-0.05, 0) is 60.9 Å². The van der Waals surface area contributed by atoms with Gasteiger partial charge in [0.25, 0.3) is 5.91 Å². The largest absolute Gasteiger partial charge is 0.497 e. The maximum absolute atomic E-state index is 12.4. The number of amides is 1. The number of ether oxygens (including phenoxy) is 1. The first-order chi connectivity index (χ1) is 13.7. The van der Waals surface area contributed by atoms with Crippen LogP contribution in [-0.4, -0.2) is 26.1 Å². The Morgan fingerprint density at radius 1 is 1.04 bits per heavy atom. The average Bonchev–Trinajstić information content (AvgIpc) is 3.02. The lowest BCUT2D eigenvalue weighted by molar-refractivity contribution is -0.112. The minimum atomic E-state index is -0.427. The predicted octanol–water partition coefficient (Wildman–Crippen LogP) is 4.62. The van der Waals surface area contributed by atoms with Gasteiger partial charge in [0.05, 0.1) is 7.11 Å². The van der Waals surface area contributed by atoms with Crippen molar-refractivity contribution in [2.75, 3.05) is 30.4 Å². The zero-order valence-corrected chi connectivity index (χ0v) is 16.1. The van der Waals surface area contributed by atoms with Crippen LogP contribution in [0.25, 0.3) is 6.08 Å². The van der Waals surface area contributed by atoms with Crippen LogP contribution in [0, 0.1) is 11.3 Å². The van der Waals surface area contributed by atoms with Crippen LogP contribution < -0.4 is 15.0 Å². The molecule has 0 aromatic heterocycles. The van der Waals surface area contributed by atoms with Gasteiger partial charge >= 0.3 is 0 Å². The Morgan fingerprint density at radius 3 is 2.25 bits per heavy atom. The SMILES string of the molecule is COc1ccc(NC(=O)/C(C#N)=C\c2ccc(N3CCCCCC3)cc2)cc1. The number of anilines is 2. The highest BCUT2D eigenvalue weighted by Crippen LogP contribution is 2.21. The Hall–Kier alpha value is -3.26. The first-order valence-corrected chi connectivity index (χ1v) is 9.62. The van der Waals surface area contributed by atoms with Crippen molar-refractivity contribution in [1.82, 2.24) is 0 Å². The van der Waals surface area contributed by atoms with Crippen molar-refractivity contribution in [3.05, 3.63) is 59.7 Å². The lowest BCUT2D eigenvalue weighted by Gasteiger charge is -2.22. The summed E-state index contributed by atoms with van der Waals surface area (Å²) in [6, 6.07) is 17.0. The van der Waals surface area contributed by atoms with E-state index in [1.807, 2.05) is 18.2 Å². The van der Waals surface area contributed by atoms with Crippen LogP contribution >= 0.6 is 0 Å². The van der Waals surface area contributed by atoms with Crippen molar-refractivity contribution in [2.24, 2.45) is 0 Å². The second-order valence-corrected chi connectivity index (χ2v) is 6.85. The van der Waals surface area contributed by atoms with Crippen molar-refractivity contribution >= 4 is 23.4 Å². The van der Waals surface area contributed by atoms with Crippen molar-refractivity contribution < 1.29 is 9.53 Å². The molecule has 0 spiro atoms. The zero-order chi connectivity index (χ0) is 19.8. The maximum atomic E-state index is 12.4. The molecule has 0 bridgehead atoms. The Labute approximate surface area is 166 Å². The minimum Gasteiger partial charge on any atom is -0.497 e. The lowest BCUT2D eigenvalue weighted by Crippen LogP contribution is -2.23. The normalized spacial score (nSPS) is 14.7. The molecule has 1 fully saturated rings. The van der Waals surface area contributed by atoms with E-state index in [2.05, 4.69) is 22.3 Å². The molecule has 1 N–H and O–H groups in total. The third kappa shape index (κ3) is 5.14. The molecule has 5 nitrogen and oxygen atoms in total. The Morgan fingerprint density at radius 2 is 1.68 bits per heavy atom. The molecular formula is C23H25N3O2. The minimum absolute atomic E-state index is 0.0679. The fourth-order valence-electron chi connectivity index (χ4n) is 3.30. The van der Waals surface area contributed by atoms with Gasteiger partial charge in [-0.2, -0.15) is 5.26 Å². The summed E-state index contributed by atoms with van der Waals surface area (Å²) in [5, 5.41) is 12.1. The number of hydrogen-bond donors (Lipinski definition) is 1. The van der Waals surface area contributed by atoms with E-state index in [0.29, 0.717) is 11.4 Å². The lowest BCUT2D eigenvalue weighted by atomic mass is 10.1. The molecule has 0 radical (unpaired) electrons. The van der Waals surface area contributed by atoms with Gasteiger partial charge in [-0.25, -0.2) is 0 Å². The number of rotatable bonds is 5. The molecule has 1 saturated heterocycles. The maximum Gasteiger partial charge on any atom is 0.266 e. The van der Waals surface area contributed by atoms with E-state index in [9.17, 15) is 10.1 Å². The van der Waals surface area contributed by atoms with E-state index >= 15 is 0 Å². The van der Waals surface area contributed by atoms with Crippen LogP contribution in [0.4, 0.5) is 11.4 Å². The summed E-state index contributed by atoms with van der Waals surface area (Å²) >= 11 is 0. The van der Waals surface area contributed by atoms with Gasteiger partial charge in [-0.1, -0.05) is 25.0 Å².